The van der Waals surface area contributed by atoms with Crippen LogP contribution in [-0.2, 0) is 0 Å². The van der Waals surface area contributed by atoms with Gasteiger partial charge in [0.25, 0.3) is 5.91 Å². The fourth-order valence-electron chi connectivity index (χ4n) is 2.27. The highest BCUT2D eigenvalue weighted by Crippen LogP contribution is 2.34. The molecule has 0 bridgehead atoms. The molecule has 0 saturated carbocycles. The van der Waals surface area contributed by atoms with Crippen LogP contribution in [0.5, 0.6) is 0 Å². The lowest BCUT2D eigenvalue weighted by molar-refractivity contribution is 0.103. The van der Waals surface area contributed by atoms with Crippen molar-refractivity contribution in [1.82, 2.24) is 4.98 Å². The summed E-state index contributed by atoms with van der Waals surface area (Å²) in [5.74, 6) is -0.0893. The Balaban J connectivity index is 1.60. The van der Waals surface area contributed by atoms with E-state index in [-0.39, 0.29) is 5.91 Å². The number of nitrogens with one attached hydrogen (secondary N) is 1. The second kappa shape index (κ2) is 5.95. The summed E-state index contributed by atoms with van der Waals surface area (Å²) in [5.41, 5.74) is 1.80. The molecular formula is C18H12N2OS2. The number of benzene rings is 2. The van der Waals surface area contributed by atoms with E-state index in [1.165, 1.54) is 11.3 Å². The highest BCUT2D eigenvalue weighted by atomic mass is 32.1. The van der Waals surface area contributed by atoms with Gasteiger partial charge < -0.3 is 5.32 Å². The summed E-state index contributed by atoms with van der Waals surface area (Å²) in [6.45, 7) is 0. The number of amides is 1. The first-order valence-corrected chi connectivity index (χ1v) is 8.75. The number of rotatable bonds is 3. The monoisotopic (exact) mass is 336 g/mol. The minimum absolute atomic E-state index is 0.0893. The smallest absolute Gasteiger partial charge is 0.265 e. The summed E-state index contributed by atoms with van der Waals surface area (Å²) >= 11 is 3.11. The van der Waals surface area contributed by atoms with Crippen LogP contribution < -0.4 is 5.32 Å². The Labute approximate surface area is 141 Å². The molecule has 0 fully saturated rings. The van der Waals surface area contributed by atoms with Crippen LogP contribution in [-0.4, -0.2) is 10.9 Å². The quantitative estimate of drug-likeness (QED) is 0.553. The number of fused-ring (bicyclic) bond motifs is 1. The number of hydrogen-bond donors (Lipinski definition) is 1. The van der Waals surface area contributed by atoms with Gasteiger partial charge in [0.2, 0.25) is 0 Å². The first-order chi connectivity index (χ1) is 11.3. The highest BCUT2D eigenvalue weighted by molar-refractivity contribution is 7.26. The third-order valence-corrected chi connectivity index (χ3v) is 5.66. The number of thiophene rings is 1. The molecule has 2 aromatic heterocycles. The van der Waals surface area contributed by atoms with Gasteiger partial charge in [0, 0.05) is 5.69 Å². The van der Waals surface area contributed by atoms with Crippen molar-refractivity contribution in [2.45, 2.75) is 0 Å². The number of thiazole rings is 1. The van der Waals surface area contributed by atoms with Gasteiger partial charge in [0.15, 0.2) is 0 Å². The Bertz CT molecular complexity index is 940. The summed E-state index contributed by atoms with van der Waals surface area (Å²) in [6.07, 6.45) is 0. The molecule has 1 N–H and O–H groups in total. The molecule has 23 heavy (non-hydrogen) atoms. The number of anilines is 1. The molecule has 0 radical (unpaired) electrons. The van der Waals surface area contributed by atoms with Crippen LogP contribution in [0, 0.1) is 0 Å². The molecule has 3 nitrogen and oxygen atoms in total. The van der Waals surface area contributed by atoms with Gasteiger partial charge in [0.1, 0.15) is 5.01 Å². The zero-order valence-electron chi connectivity index (χ0n) is 12.0. The van der Waals surface area contributed by atoms with E-state index < -0.39 is 0 Å². The van der Waals surface area contributed by atoms with E-state index in [0.29, 0.717) is 4.88 Å². The van der Waals surface area contributed by atoms with Crippen molar-refractivity contribution >= 4 is 44.5 Å². The number of nitrogens with zero attached hydrogens (tertiary/aromatic N) is 1. The molecule has 0 saturated heterocycles. The largest absolute Gasteiger partial charge is 0.321 e. The Morgan fingerprint density at radius 2 is 1.65 bits per heavy atom. The summed E-state index contributed by atoms with van der Waals surface area (Å²) in [6, 6.07) is 21.3. The third-order valence-electron chi connectivity index (χ3n) is 3.37. The number of carbonyl (C=O) groups is 1. The third kappa shape index (κ3) is 2.88. The zero-order valence-corrected chi connectivity index (χ0v) is 13.7. The maximum Gasteiger partial charge on any atom is 0.265 e. The van der Waals surface area contributed by atoms with Crippen molar-refractivity contribution in [2.75, 3.05) is 5.32 Å². The van der Waals surface area contributed by atoms with Crippen LogP contribution in [0.4, 0.5) is 5.69 Å². The number of aromatic nitrogens is 1. The lowest BCUT2D eigenvalue weighted by Gasteiger charge is -2.02. The highest BCUT2D eigenvalue weighted by Gasteiger charge is 2.13. The lowest BCUT2D eigenvalue weighted by atomic mass is 10.3. The van der Waals surface area contributed by atoms with Gasteiger partial charge in [-0.2, -0.15) is 0 Å². The molecule has 5 heteroatoms. The Morgan fingerprint density at radius 1 is 0.870 bits per heavy atom. The van der Waals surface area contributed by atoms with Crippen LogP contribution in [0.2, 0.25) is 0 Å². The van der Waals surface area contributed by atoms with Crippen LogP contribution in [0.25, 0.3) is 20.1 Å². The maximum absolute atomic E-state index is 12.3. The van der Waals surface area contributed by atoms with Crippen LogP contribution >= 0.6 is 22.7 Å². The Kier molecular flexibility index (Phi) is 3.65. The first kappa shape index (κ1) is 14.1. The van der Waals surface area contributed by atoms with Crippen molar-refractivity contribution < 1.29 is 4.79 Å². The van der Waals surface area contributed by atoms with Gasteiger partial charge in [-0.3, -0.25) is 4.79 Å². The normalized spacial score (nSPS) is 10.8. The van der Waals surface area contributed by atoms with E-state index in [0.717, 1.165) is 25.8 Å². The molecule has 4 aromatic rings. The van der Waals surface area contributed by atoms with Gasteiger partial charge in [-0.25, -0.2) is 4.98 Å². The Morgan fingerprint density at radius 3 is 2.48 bits per heavy atom. The minimum Gasteiger partial charge on any atom is -0.321 e. The predicted molar refractivity (Wildman–Crippen MR) is 97.3 cm³/mol. The number of hydrogen-bond acceptors (Lipinski definition) is 4. The minimum atomic E-state index is -0.0893. The fraction of sp³-hybridized carbons (Fsp3) is 0. The molecule has 0 spiro atoms. The summed E-state index contributed by atoms with van der Waals surface area (Å²) in [4.78, 5) is 18.7. The molecule has 1 amide bonds. The van der Waals surface area contributed by atoms with Crippen molar-refractivity contribution in [3.63, 3.8) is 0 Å². The van der Waals surface area contributed by atoms with Gasteiger partial charge in [-0.1, -0.05) is 30.3 Å². The topological polar surface area (TPSA) is 42.0 Å². The predicted octanol–water partition coefficient (Wildman–Crippen LogP) is 5.28. The molecule has 112 valence electrons. The van der Waals surface area contributed by atoms with Crippen molar-refractivity contribution in [3.05, 3.63) is 71.6 Å². The van der Waals surface area contributed by atoms with E-state index in [1.807, 2.05) is 60.7 Å². The summed E-state index contributed by atoms with van der Waals surface area (Å²) < 4.78 is 1.16. The van der Waals surface area contributed by atoms with Crippen molar-refractivity contribution in [3.8, 4) is 9.88 Å². The van der Waals surface area contributed by atoms with Gasteiger partial charge in [-0.05, 0) is 36.4 Å². The van der Waals surface area contributed by atoms with E-state index in [2.05, 4.69) is 16.4 Å². The molecule has 0 aliphatic rings. The fourth-order valence-corrected chi connectivity index (χ4v) is 4.19. The van der Waals surface area contributed by atoms with E-state index in [1.54, 1.807) is 11.3 Å². The first-order valence-electron chi connectivity index (χ1n) is 7.12. The summed E-state index contributed by atoms with van der Waals surface area (Å²) in [5, 5.41) is 3.86. The van der Waals surface area contributed by atoms with Crippen molar-refractivity contribution in [1.29, 1.82) is 0 Å². The van der Waals surface area contributed by atoms with Gasteiger partial charge in [0.05, 0.1) is 20.0 Å². The number of para-hydroxylation sites is 2. The molecule has 0 aliphatic heterocycles. The van der Waals surface area contributed by atoms with E-state index in [4.69, 9.17) is 0 Å². The SMILES string of the molecule is O=C(Nc1ccccc1)c1ccc(-c2nc3ccccc3s2)s1. The van der Waals surface area contributed by atoms with Gasteiger partial charge >= 0.3 is 0 Å². The Hall–Kier alpha value is -2.50. The standard InChI is InChI=1S/C18H12N2OS2/c21-17(19-12-6-2-1-3-7-12)15-10-11-16(22-15)18-20-13-8-4-5-9-14(13)23-18/h1-11H,(H,19,21). The average Bonchev–Trinajstić information content (AvgIpc) is 3.22. The second-order valence-electron chi connectivity index (χ2n) is 4.97. The second-order valence-corrected chi connectivity index (χ2v) is 7.09. The average molecular weight is 336 g/mol. The summed E-state index contributed by atoms with van der Waals surface area (Å²) in [7, 11) is 0. The molecule has 4 rings (SSSR count). The molecule has 2 heterocycles. The lowest BCUT2D eigenvalue weighted by Crippen LogP contribution is -2.09. The van der Waals surface area contributed by atoms with Gasteiger partial charge in [-0.15, -0.1) is 22.7 Å². The van der Waals surface area contributed by atoms with Crippen LogP contribution in [0.3, 0.4) is 0 Å². The van der Waals surface area contributed by atoms with E-state index >= 15 is 0 Å². The van der Waals surface area contributed by atoms with Crippen molar-refractivity contribution in [2.24, 2.45) is 0 Å². The molecule has 0 atom stereocenters. The van der Waals surface area contributed by atoms with Crippen LogP contribution in [0.1, 0.15) is 9.67 Å². The molecule has 0 aliphatic carbocycles. The molecular weight excluding hydrogens is 324 g/mol. The van der Waals surface area contributed by atoms with Crippen LogP contribution in [0.15, 0.2) is 66.7 Å². The molecule has 0 unspecified atom stereocenters. The zero-order chi connectivity index (χ0) is 15.6. The number of carbonyl (C=O) groups excluding carboxylic acids is 1. The van der Waals surface area contributed by atoms with E-state index in [9.17, 15) is 4.79 Å². The maximum atomic E-state index is 12.3. The molecule has 2 aromatic carbocycles.